The van der Waals surface area contributed by atoms with Crippen LogP contribution < -0.4 is 10.0 Å². The molecular weight excluding hydrogens is 240 g/mol. The SMILES string of the molecule is COCCCS(=O)(=O)NC1CC2CCC(C1)N2. The monoisotopic (exact) mass is 262 g/mol. The molecule has 100 valence electrons. The largest absolute Gasteiger partial charge is 0.385 e. The Morgan fingerprint density at radius 3 is 2.53 bits per heavy atom. The van der Waals surface area contributed by atoms with Crippen molar-refractivity contribution in [2.24, 2.45) is 0 Å². The highest BCUT2D eigenvalue weighted by Crippen LogP contribution is 2.27. The van der Waals surface area contributed by atoms with E-state index in [1.807, 2.05) is 0 Å². The number of piperidine rings is 1. The molecule has 2 bridgehead atoms. The first kappa shape index (κ1) is 13.3. The lowest BCUT2D eigenvalue weighted by molar-refractivity contribution is 0.199. The molecule has 0 spiro atoms. The second kappa shape index (κ2) is 5.65. The number of hydrogen-bond acceptors (Lipinski definition) is 4. The maximum atomic E-state index is 11.8. The zero-order valence-corrected chi connectivity index (χ0v) is 11.1. The topological polar surface area (TPSA) is 67.4 Å². The van der Waals surface area contributed by atoms with Crippen molar-refractivity contribution in [3.63, 3.8) is 0 Å². The second-order valence-corrected chi connectivity index (χ2v) is 6.96. The molecule has 0 aromatic rings. The lowest BCUT2D eigenvalue weighted by Crippen LogP contribution is -2.48. The smallest absolute Gasteiger partial charge is 0.211 e. The van der Waals surface area contributed by atoms with Crippen LogP contribution in [-0.4, -0.2) is 46.0 Å². The lowest BCUT2D eigenvalue weighted by atomic mass is 10.0. The molecule has 2 heterocycles. The summed E-state index contributed by atoms with van der Waals surface area (Å²) in [5.74, 6) is 0.167. The van der Waals surface area contributed by atoms with Gasteiger partial charge in [0.25, 0.3) is 0 Å². The van der Waals surface area contributed by atoms with Crippen LogP contribution in [0, 0.1) is 0 Å². The van der Waals surface area contributed by atoms with Crippen molar-refractivity contribution in [2.45, 2.75) is 50.2 Å². The van der Waals surface area contributed by atoms with Crippen LogP contribution >= 0.6 is 0 Å². The first-order chi connectivity index (χ1) is 8.09. The van der Waals surface area contributed by atoms with Gasteiger partial charge in [-0.15, -0.1) is 0 Å². The third-order valence-electron chi connectivity index (χ3n) is 3.58. The van der Waals surface area contributed by atoms with Gasteiger partial charge in [-0.3, -0.25) is 0 Å². The van der Waals surface area contributed by atoms with Crippen LogP contribution in [0.4, 0.5) is 0 Å². The van der Waals surface area contributed by atoms with Crippen molar-refractivity contribution in [1.29, 1.82) is 0 Å². The van der Waals surface area contributed by atoms with Gasteiger partial charge < -0.3 is 10.1 Å². The summed E-state index contributed by atoms with van der Waals surface area (Å²) in [5.41, 5.74) is 0. The summed E-state index contributed by atoms with van der Waals surface area (Å²) in [7, 11) is -1.54. The van der Waals surface area contributed by atoms with Gasteiger partial charge in [-0.2, -0.15) is 0 Å². The average Bonchev–Trinajstić information content (AvgIpc) is 2.58. The minimum Gasteiger partial charge on any atom is -0.385 e. The Labute approximate surface area is 103 Å². The minimum absolute atomic E-state index is 0.126. The predicted octanol–water partition coefficient (Wildman–Crippen LogP) is 0.225. The highest BCUT2D eigenvalue weighted by Gasteiger charge is 2.34. The Morgan fingerprint density at radius 2 is 1.94 bits per heavy atom. The maximum Gasteiger partial charge on any atom is 0.211 e. The fraction of sp³-hybridized carbons (Fsp3) is 1.00. The first-order valence-electron chi connectivity index (χ1n) is 6.34. The number of sulfonamides is 1. The molecule has 0 aromatic heterocycles. The molecule has 0 radical (unpaired) electrons. The molecule has 0 aliphatic carbocycles. The molecule has 5 nitrogen and oxygen atoms in total. The molecule has 0 saturated carbocycles. The van der Waals surface area contributed by atoms with E-state index in [0.717, 1.165) is 12.8 Å². The minimum atomic E-state index is -3.13. The Hall–Kier alpha value is -0.170. The molecule has 2 aliphatic rings. The van der Waals surface area contributed by atoms with Gasteiger partial charge in [0.15, 0.2) is 0 Å². The third kappa shape index (κ3) is 3.91. The van der Waals surface area contributed by atoms with E-state index in [2.05, 4.69) is 10.0 Å². The van der Waals surface area contributed by atoms with Crippen LogP contribution in [0.5, 0.6) is 0 Å². The summed E-state index contributed by atoms with van der Waals surface area (Å²) in [5, 5.41) is 3.50. The zero-order chi connectivity index (χ0) is 12.3. The number of rotatable bonds is 6. The van der Waals surface area contributed by atoms with E-state index in [9.17, 15) is 8.42 Å². The van der Waals surface area contributed by atoms with Gasteiger partial charge in [-0.1, -0.05) is 0 Å². The quantitative estimate of drug-likeness (QED) is 0.672. The zero-order valence-electron chi connectivity index (χ0n) is 10.3. The molecule has 0 amide bonds. The van der Waals surface area contributed by atoms with E-state index in [-0.39, 0.29) is 11.8 Å². The standard InChI is InChI=1S/C11H22N2O3S/c1-16-5-2-6-17(14,15)13-11-7-9-3-4-10(8-11)12-9/h9-13H,2-8H2,1H3. The highest BCUT2D eigenvalue weighted by molar-refractivity contribution is 7.89. The van der Waals surface area contributed by atoms with E-state index < -0.39 is 10.0 Å². The van der Waals surface area contributed by atoms with Crippen LogP contribution in [0.25, 0.3) is 0 Å². The second-order valence-electron chi connectivity index (χ2n) is 5.09. The number of ether oxygens (including phenoxy) is 1. The normalized spacial score (nSPS) is 32.9. The Bertz CT molecular complexity index is 333. The lowest BCUT2D eigenvalue weighted by Gasteiger charge is -2.29. The highest BCUT2D eigenvalue weighted by atomic mass is 32.2. The Kier molecular flexibility index (Phi) is 4.41. The number of nitrogens with one attached hydrogen (secondary N) is 2. The summed E-state index contributed by atoms with van der Waals surface area (Å²) < 4.78 is 31.3. The third-order valence-corrected chi connectivity index (χ3v) is 5.10. The Morgan fingerprint density at radius 1 is 1.29 bits per heavy atom. The molecule has 2 atom stereocenters. The van der Waals surface area contributed by atoms with Crippen LogP contribution in [0.15, 0.2) is 0 Å². The van der Waals surface area contributed by atoms with Crippen LogP contribution in [-0.2, 0) is 14.8 Å². The fourth-order valence-corrected chi connectivity index (χ4v) is 4.18. The van der Waals surface area contributed by atoms with Crippen molar-refractivity contribution in [2.75, 3.05) is 19.5 Å². The molecule has 2 unspecified atom stereocenters. The number of hydrogen-bond donors (Lipinski definition) is 2. The van der Waals surface area contributed by atoms with E-state index in [4.69, 9.17) is 4.74 Å². The van der Waals surface area contributed by atoms with Gasteiger partial charge in [0.1, 0.15) is 0 Å². The van der Waals surface area contributed by atoms with Crippen LogP contribution in [0.2, 0.25) is 0 Å². The summed E-state index contributed by atoms with van der Waals surface area (Å²) in [6, 6.07) is 1.15. The number of methoxy groups -OCH3 is 1. The Balaban J connectivity index is 1.79. The maximum absolute atomic E-state index is 11.8. The van der Waals surface area contributed by atoms with Gasteiger partial charge in [-0.25, -0.2) is 13.1 Å². The van der Waals surface area contributed by atoms with Crippen LogP contribution in [0.1, 0.15) is 32.1 Å². The van der Waals surface area contributed by atoms with E-state index >= 15 is 0 Å². The molecule has 2 saturated heterocycles. The molecule has 17 heavy (non-hydrogen) atoms. The molecule has 2 aliphatic heterocycles. The van der Waals surface area contributed by atoms with Crippen molar-refractivity contribution in [3.8, 4) is 0 Å². The summed E-state index contributed by atoms with van der Waals surface area (Å²) >= 11 is 0. The van der Waals surface area contributed by atoms with E-state index in [1.165, 1.54) is 12.8 Å². The van der Waals surface area contributed by atoms with Crippen molar-refractivity contribution in [3.05, 3.63) is 0 Å². The van der Waals surface area contributed by atoms with Gasteiger partial charge in [0.05, 0.1) is 5.75 Å². The molecule has 2 N–H and O–H groups in total. The summed E-state index contributed by atoms with van der Waals surface area (Å²) in [4.78, 5) is 0. The molecule has 2 fully saturated rings. The molecule has 6 heteroatoms. The molecular formula is C11H22N2O3S. The number of fused-ring (bicyclic) bond motifs is 2. The van der Waals surface area contributed by atoms with Crippen molar-refractivity contribution < 1.29 is 13.2 Å². The van der Waals surface area contributed by atoms with Gasteiger partial charge in [-0.05, 0) is 32.1 Å². The van der Waals surface area contributed by atoms with Gasteiger partial charge in [0, 0.05) is 31.8 Å². The van der Waals surface area contributed by atoms with E-state index in [0.29, 0.717) is 25.1 Å². The summed E-state index contributed by atoms with van der Waals surface area (Å²) in [6.45, 7) is 0.498. The summed E-state index contributed by atoms with van der Waals surface area (Å²) in [6.07, 6.45) is 4.79. The molecule has 0 aromatic carbocycles. The van der Waals surface area contributed by atoms with Gasteiger partial charge >= 0.3 is 0 Å². The first-order valence-corrected chi connectivity index (χ1v) is 7.99. The fourth-order valence-electron chi connectivity index (χ4n) is 2.86. The van der Waals surface area contributed by atoms with E-state index in [1.54, 1.807) is 7.11 Å². The van der Waals surface area contributed by atoms with Crippen molar-refractivity contribution >= 4 is 10.0 Å². The van der Waals surface area contributed by atoms with Crippen LogP contribution in [0.3, 0.4) is 0 Å². The van der Waals surface area contributed by atoms with Crippen molar-refractivity contribution in [1.82, 2.24) is 10.0 Å². The predicted molar refractivity (Wildman–Crippen MR) is 66.4 cm³/mol. The average molecular weight is 262 g/mol. The molecule has 2 rings (SSSR count). The van der Waals surface area contributed by atoms with Gasteiger partial charge in [0.2, 0.25) is 10.0 Å².